The van der Waals surface area contributed by atoms with E-state index in [1.807, 2.05) is 6.92 Å². The third-order valence-electron chi connectivity index (χ3n) is 2.10. The lowest BCUT2D eigenvalue weighted by Crippen LogP contribution is -2.09. The minimum Gasteiger partial charge on any atom is -0.466 e. The first-order chi connectivity index (χ1) is 5.34. The lowest BCUT2D eigenvalue weighted by Gasteiger charge is -1.99. The Bertz CT molecular complexity index is 212. The van der Waals surface area contributed by atoms with Crippen LogP contribution in [0.15, 0.2) is 11.5 Å². The van der Waals surface area contributed by atoms with Gasteiger partial charge >= 0.3 is 5.97 Å². The van der Waals surface area contributed by atoms with Crippen molar-refractivity contribution >= 4 is 17.7 Å². The number of carbonyl (C=O) groups excluding carboxylic acids is 1. The lowest BCUT2D eigenvalue weighted by atomic mass is 10.3. The fourth-order valence-electron chi connectivity index (χ4n) is 1.47. The summed E-state index contributed by atoms with van der Waals surface area (Å²) in [6.07, 6.45) is 2.11. The number of allylic oxidation sites excluding steroid dienone is 1. The smallest absolute Gasteiger partial charge is 0.310 e. The molecule has 2 nitrogen and oxygen atoms in total. The number of esters is 1. The SMILES string of the molecule is CCOC(=O)[C@H]1[C@H]2C=CS[C@H]21. The summed E-state index contributed by atoms with van der Waals surface area (Å²) < 4.78 is 4.92. The maximum absolute atomic E-state index is 11.1. The highest BCUT2D eigenvalue weighted by molar-refractivity contribution is 8.03. The average molecular weight is 170 g/mol. The van der Waals surface area contributed by atoms with Gasteiger partial charge in [0.15, 0.2) is 0 Å². The van der Waals surface area contributed by atoms with Crippen molar-refractivity contribution in [3.8, 4) is 0 Å². The van der Waals surface area contributed by atoms with E-state index in [2.05, 4.69) is 11.5 Å². The molecule has 1 aliphatic carbocycles. The van der Waals surface area contributed by atoms with E-state index in [4.69, 9.17) is 4.74 Å². The molecule has 2 rings (SSSR count). The van der Waals surface area contributed by atoms with Gasteiger partial charge in [-0.25, -0.2) is 0 Å². The van der Waals surface area contributed by atoms with Gasteiger partial charge in [-0.1, -0.05) is 6.08 Å². The molecule has 2 aliphatic rings. The molecule has 3 atom stereocenters. The van der Waals surface area contributed by atoms with Crippen molar-refractivity contribution in [1.29, 1.82) is 0 Å². The second-order valence-electron chi connectivity index (χ2n) is 2.78. The highest BCUT2D eigenvalue weighted by Gasteiger charge is 2.56. The maximum Gasteiger partial charge on any atom is 0.310 e. The Morgan fingerprint density at radius 2 is 2.55 bits per heavy atom. The summed E-state index contributed by atoms with van der Waals surface area (Å²) in [7, 11) is 0. The highest BCUT2D eigenvalue weighted by atomic mass is 32.2. The summed E-state index contributed by atoms with van der Waals surface area (Å²) >= 11 is 1.75. The Morgan fingerprint density at radius 1 is 1.73 bits per heavy atom. The summed E-state index contributed by atoms with van der Waals surface area (Å²) in [6, 6.07) is 0. The van der Waals surface area contributed by atoms with Crippen LogP contribution in [0.4, 0.5) is 0 Å². The monoisotopic (exact) mass is 170 g/mol. The van der Waals surface area contributed by atoms with Crippen LogP contribution < -0.4 is 0 Å². The minimum absolute atomic E-state index is 0.0145. The summed E-state index contributed by atoms with van der Waals surface area (Å²) in [5.74, 6) is 0.642. The highest BCUT2D eigenvalue weighted by Crippen LogP contribution is 2.54. The van der Waals surface area contributed by atoms with Gasteiger partial charge in [0, 0.05) is 11.2 Å². The van der Waals surface area contributed by atoms with Gasteiger partial charge in [-0.15, -0.1) is 11.8 Å². The third-order valence-corrected chi connectivity index (χ3v) is 3.34. The van der Waals surface area contributed by atoms with Crippen LogP contribution in [-0.4, -0.2) is 17.8 Å². The fraction of sp³-hybridized carbons (Fsp3) is 0.625. The Balaban J connectivity index is 1.90. The van der Waals surface area contributed by atoms with Crippen LogP contribution in [0.1, 0.15) is 6.92 Å². The minimum atomic E-state index is -0.0145. The van der Waals surface area contributed by atoms with Gasteiger partial charge in [0.1, 0.15) is 0 Å². The van der Waals surface area contributed by atoms with Gasteiger partial charge in [-0.05, 0) is 12.3 Å². The van der Waals surface area contributed by atoms with Crippen LogP contribution in [0.25, 0.3) is 0 Å². The average Bonchev–Trinajstić information content (AvgIpc) is 2.47. The molecule has 0 aromatic rings. The lowest BCUT2D eigenvalue weighted by molar-refractivity contribution is -0.144. The largest absolute Gasteiger partial charge is 0.466 e. The van der Waals surface area contributed by atoms with Gasteiger partial charge in [-0.2, -0.15) is 0 Å². The van der Waals surface area contributed by atoms with Gasteiger partial charge in [0.2, 0.25) is 0 Å². The number of hydrogen-bond donors (Lipinski definition) is 0. The van der Waals surface area contributed by atoms with Gasteiger partial charge in [-0.3, -0.25) is 4.79 Å². The molecular weight excluding hydrogens is 160 g/mol. The van der Waals surface area contributed by atoms with E-state index in [0.717, 1.165) is 0 Å². The Kier molecular flexibility index (Phi) is 1.68. The van der Waals surface area contributed by atoms with E-state index in [0.29, 0.717) is 17.8 Å². The van der Waals surface area contributed by atoms with Gasteiger partial charge in [0.25, 0.3) is 0 Å². The summed E-state index contributed by atoms with van der Waals surface area (Å²) in [5, 5.41) is 2.58. The Morgan fingerprint density at radius 3 is 3.09 bits per heavy atom. The Labute approximate surface area is 70.0 Å². The molecule has 0 aromatic heterocycles. The van der Waals surface area contributed by atoms with Crippen molar-refractivity contribution in [1.82, 2.24) is 0 Å². The zero-order valence-electron chi connectivity index (χ0n) is 6.32. The molecule has 1 fully saturated rings. The molecule has 1 saturated carbocycles. The van der Waals surface area contributed by atoms with Crippen LogP contribution in [0.5, 0.6) is 0 Å². The number of rotatable bonds is 2. The van der Waals surface area contributed by atoms with Crippen molar-refractivity contribution in [2.45, 2.75) is 12.2 Å². The standard InChI is InChI=1S/C8H10O2S/c1-2-10-8(9)6-5-3-4-11-7(5)6/h3-7H,2H2,1H3/t5-,6+,7-/m1/s1. The third kappa shape index (κ3) is 1.07. The van der Waals surface area contributed by atoms with E-state index in [9.17, 15) is 4.79 Å². The van der Waals surface area contributed by atoms with E-state index < -0.39 is 0 Å². The summed E-state index contributed by atoms with van der Waals surface area (Å²) in [5.41, 5.74) is 0. The maximum atomic E-state index is 11.1. The second kappa shape index (κ2) is 2.55. The first-order valence-corrected chi connectivity index (χ1v) is 4.77. The molecule has 0 N–H and O–H groups in total. The first-order valence-electron chi connectivity index (χ1n) is 3.83. The number of fused-ring (bicyclic) bond motifs is 1. The zero-order valence-corrected chi connectivity index (χ0v) is 7.14. The van der Waals surface area contributed by atoms with Crippen LogP contribution in [0.2, 0.25) is 0 Å². The molecule has 0 radical (unpaired) electrons. The molecule has 1 aliphatic heterocycles. The molecule has 11 heavy (non-hydrogen) atoms. The number of thioether (sulfide) groups is 1. The molecule has 3 heteroatoms. The first kappa shape index (κ1) is 7.22. The van der Waals surface area contributed by atoms with Gasteiger partial charge in [0.05, 0.1) is 12.5 Å². The van der Waals surface area contributed by atoms with Crippen molar-refractivity contribution in [2.24, 2.45) is 11.8 Å². The molecule has 0 aromatic carbocycles. The molecule has 0 saturated heterocycles. The van der Waals surface area contributed by atoms with Crippen LogP contribution in [0, 0.1) is 11.8 Å². The van der Waals surface area contributed by atoms with Gasteiger partial charge < -0.3 is 4.74 Å². The van der Waals surface area contributed by atoms with E-state index >= 15 is 0 Å². The fourth-order valence-corrected chi connectivity index (χ4v) is 2.73. The normalized spacial score (nSPS) is 38.5. The molecular formula is C8H10O2S. The summed E-state index contributed by atoms with van der Waals surface area (Å²) in [6.45, 7) is 2.35. The van der Waals surface area contributed by atoms with Crippen molar-refractivity contribution in [3.05, 3.63) is 11.5 Å². The van der Waals surface area contributed by atoms with Crippen molar-refractivity contribution < 1.29 is 9.53 Å². The molecule has 0 bridgehead atoms. The Hall–Kier alpha value is -0.440. The molecule has 0 spiro atoms. The predicted molar refractivity (Wildman–Crippen MR) is 44.1 cm³/mol. The topological polar surface area (TPSA) is 26.3 Å². The van der Waals surface area contributed by atoms with Crippen LogP contribution >= 0.6 is 11.8 Å². The number of hydrogen-bond acceptors (Lipinski definition) is 3. The van der Waals surface area contributed by atoms with Crippen molar-refractivity contribution in [3.63, 3.8) is 0 Å². The molecule has 1 heterocycles. The second-order valence-corrected chi connectivity index (χ2v) is 3.87. The van der Waals surface area contributed by atoms with E-state index in [1.54, 1.807) is 11.8 Å². The molecule has 60 valence electrons. The van der Waals surface area contributed by atoms with Crippen LogP contribution in [0.3, 0.4) is 0 Å². The van der Waals surface area contributed by atoms with Crippen molar-refractivity contribution in [2.75, 3.05) is 6.61 Å². The number of ether oxygens (including phenoxy) is 1. The molecule has 0 unspecified atom stereocenters. The zero-order chi connectivity index (χ0) is 7.84. The van der Waals surface area contributed by atoms with E-state index in [1.165, 1.54) is 0 Å². The summed E-state index contributed by atoms with van der Waals surface area (Å²) in [4.78, 5) is 11.1. The van der Waals surface area contributed by atoms with E-state index in [-0.39, 0.29) is 11.9 Å². The van der Waals surface area contributed by atoms with Crippen LogP contribution in [-0.2, 0) is 9.53 Å². The molecule has 0 amide bonds. The quantitative estimate of drug-likeness (QED) is 0.586. The predicted octanol–water partition coefficient (Wildman–Crippen LogP) is 1.42. The number of carbonyl (C=O) groups is 1.